The quantitative estimate of drug-likeness (QED) is 0.540. The fraction of sp³-hybridized carbons (Fsp3) is 0.909. The molecule has 1 unspecified atom stereocenters. The molecule has 16 heavy (non-hydrogen) atoms. The van der Waals surface area contributed by atoms with Crippen LogP contribution in [0.1, 0.15) is 13.8 Å². The Morgan fingerprint density at radius 3 is 2.44 bits per heavy atom. The molecule has 0 saturated carbocycles. The number of carbonyl (C=O) groups is 1. The van der Waals surface area contributed by atoms with E-state index in [0.717, 1.165) is 0 Å². The van der Waals surface area contributed by atoms with E-state index in [1.807, 2.05) is 32.8 Å². The van der Waals surface area contributed by atoms with Gasteiger partial charge in [-0.15, -0.1) is 0 Å². The van der Waals surface area contributed by atoms with Gasteiger partial charge in [0.15, 0.2) is 0 Å². The fourth-order valence-electron chi connectivity index (χ4n) is 1.46. The van der Waals surface area contributed by atoms with Gasteiger partial charge in [-0.3, -0.25) is 4.79 Å². The number of nitrogens with one attached hydrogen (secondary N) is 2. The van der Waals surface area contributed by atoms with Gasteiger partial charge in [0.05, 0.1) is 11.5 Å². The number of aliphatic hydroxyl groups is 1. The SMILES string of the molecule is CNC(=O)C(C)(C)CNCC(O)CN(C)C. The van der Waals surface area contributed by atoms with Crippen molar-refractivity contribution in [3.63, 3.8) is 0 Å². The van der Waals surface area contributed by atoms with E-state index in [4.69, 9.17) is 0 Å². The topological polar surface area (TPSA) is 64.6 Å². The largest absolute Gasteiger partial charge is 0.390 e. The minimum Gasteiger partial charge on any atom is -0.390 e. The molecular weight excluding hydrogens is 206 g/mol. The van der Waals surface area contributed by atoms with Crippen LogP contribution in [0.25, 0.3) is 0 Å². The van der Waals surface area contributed by atoms with Crippen molar-refractivity contribution in [2.75, 3.05) is 40.8 Å². The second-order valence-electron chi connectivity index (χ2n) is 5.01. The predicted molar refractivity (Wildman–Crippen MR) is 65.3 cm³/mol. The molecule has 0 rings (SSSR count). The van der Waals surface area contributed by atoms with Gasteiger partial charge in [0, 0.05) is 26.7 Å². The molecule has 1 amide bonds. The zero-order valence-corrected chi connectivity index (χ0v) is 11.0. The van der Waals surface area contributed by atoms with E-state index in [0.29, 0.717) is 19.6 Å². The molecule has 0 spiro atoms. The number of nitrogens with zero attached hydrogens (tertiary/aromatic N) is 1. The van der Waals surface area contributed by atoms with E-state index in [1.165, 1.54) is 0 Å². The van der Waals surface area contributed by atoms with Crippen LogP contribution in [-0.4, -0.2) is 62.8 Å². The summed E-state index contributed by atoms with van der Waals surface area (Å²) in [4.78, 5) is 13.4. The highest BCUT2D eigenvalue weighted by Gasteiger charge is 2.26. The number of hydrogen-bond acceptors (Lipinski definition) is 4. The Balaban J connectivity index is 3.84. The lowest BCUT2D eigenvalue weighted by Gasteiger charge is -2.24. The molecule has 0 radical (unpaired) electrons. The van der Waals surface area contributed by atoms with E-state index >= 15 is 0 Å². The third-order valence-electron chi connectivity index (χ3n) is 2.36. The maximum atomic E-state index is 11.5. The van der Waals surface area contributed by atoms with Crippen molar-refractivity contribution in [2.24, 2.45) is 5.41 Å². The molecule has 0 aromatic heterocycles. The molecule has 0 aromatic rings. The van der Waals surface area contributed by atoms with Crippen LogP contribution >= 0.6 is 0 Å². The third kappa shape index (κ3) is 6.05. The number of likely N-dealkylation sites (N-methyl/N-ethyl adjacent to an activating group) is 1. The molecule has 0 saturated heterocycles. The van der Waals surface area contributed by atoms with Gasteiger partial charge in [-0.25, -0.2) is 0 Å². The van der Waals surface area contributed by atoms with Crippen molar-refractivity contribution >= 4 is 5.91 Å². The molecule has 5 nitrogen and oxygen atoms in total. The molecule has 1 atom stereocenters. The summed E-state index contributed by atoms with van der Waals surface area (Å²) in [5, 5.41) is 15.3. The minimum atomic E-state index is -0.452. The summed E-state index contributed by atoms with van der Waals surface area (Å²) >= 11 is 0. The van der Waals surface area contributed by atoms with Gasteiger partial charge < -0.3 is 20.6 Å². The van der Waals surface area contributed by atoms with Crippen molar-refractivity contribution in [1.29, 1.82) is 0 Å². The normalized spacial score (nSPS) is 13.9. The van der Waals surface area contributed by atoms with Crippen LogP contribution in [0, 0.1) is 5.41 Å². The lowest BCUT2D eigenvalue weighted by Crippen LogP contribution is -2.44. The van der Waals surface area contributed by atoms with Crippen LogP contribution in [0.15, 0.2) is 0 Å². The Hall–Kier alpha value is -0.650. The molecule has 0 fully saturated rings. The Labute approximate surface area is 98.2 Å². The summed E-state index contributed by atoms with van der Waals surface area (Å²) < 4.78 is 0. The van der Waals surface area contributed by atoms with Crippen LogP contribution in [0.3, 0.4) is 0 Å². The maximum Gasteiger partial charge on any atom is 0.226 e. The van der Waals surface area contributed by atoms with Crippen molar-refractivity contribution in [2.45, 2.75) is 20.0 Å². The van der Waals surface area contributed by atoms with Crippen LogP contribution in [0.5, 0.6) is 0 Å². The summed E-state index contributed by atoms with van der Waals surface area (Å²) in [5.41, 5.74) is -0.452. The molecule has 0 aromatic carbocycles. The van der Waals surface area contributed by atoms with E-state index in [9.17, 15) is 9.90 Å². The Bertz CT molecular complexity index is 217. The smallest absolute Gasteiger partial charge is 0.226 e. The molecule has 96 valence electrons. The summed E-state index contributed by atoms with van der Waals surface area (Å²) in [6.07, 6.45) is -0.407. The van der Waals surface area contributed by atoms with E-state index in [2.05, 4.69) is 10.6 Å². The summed E-state index contributed by atoms with van der Waals surface area (Å²) in [7, 11) is 5.46. The molecule has 5 heteroatoms. The highest BCUT2D eigenvalue weighted by Crippen LogP contribution is 2.12. The molecule has 0 heterocycles. The van der Waals surface area contributed by atoms with Crippen molar-refractivity contribution in [3.05, 3.63) is 0 Å². The van der Waals surface area contributed by atoms with Gasteiger partial charge in [-0.2, -0.15) is 0 Å². The number of carbonyl (C=O) groups excluding carboxylic acids is 1. The van der Waals surface area contributed by atoms with Gasteiger partial charge in [-0.1, -0.05) is 0 Å². The zero-order valence-electron chi connectivity index (χ0n) is 11.0. The average Bonchev–Trinajstić information content (AvgIpc) is 2.14. The lowest BCUT2D eigenvalue weighted by molar-refractivity contribution is -0.128. The van der Waals surface area contributed by atoms with E-state index in [-0.39, 0.29) is 5.91 Å². The van der Waals surface area contributed by atoms with Crippen molar-refractivity contribution < 1.29 is 9.90 Å². The number of rotatable bonds is 7. The number of aliphatic hydroxyl groups excluding tert-OH is 1. The van der Waals surface area contributed by atoms with Crippen molar-refractivity contribution in [1.82, 2.24) is 15.5 Å². The second kappa shape index (κ2) is 6.83. The zero-order chi connectivity index (χ0) is 12.8. The first-order valence-electron chi connectivity index (χ1n) is 5.55. The van der Waals surface area contributed by atoms with E-state index in [1.54, 1.807) is 7.05 Å². The first-order chi connectivity index (χ1) is 7.29. The average molecular weight is 231 g/mol. The van der Waals surface area contributed by atoms with Crippen LogP contribution in [0.4, 0.5) is 0 Å². The Kier molecular flexibility index (Phi) is 6.55. The molecule has 0 aliphatic carbocycles. The highest BCUT2D eigenvalue weighted by molar-refractivity contribution is 5.81. The summed E-state index contributed by atoms with van der Waals surface area (Å²) in [6, 6.07) is 0. The van der Waals surface area contributed by atoms with Gasteiger partial charge >= 0.3 is 0 Å². The molecular formula is C11H25N3O2. The van der Waals surface area contributed by atoms with Crippen LogP contribution < -0.4 is 10.6 Å². The minimum absolute atomic E-state index is 0.00194. The van der Waals surface area contributed by atoms with Gasteiger partial charge in [0.25, 0.3) is 0 Å². The monoisotopic (exact) mass is 231 g/mol. The Morgan fingerprint density at radius 1 is 1.44 bits per heavy atom. The van der Waals surface area contributed by atoms with Gasteiger partial charge in [0.2, 0.25) is 5.91 Å². The first kappa shape index (κ1) is 15.3. The van der Waals surface area contributed by atoms with E-state index < -0.39 is 11.5 Å². The van der Waals surface area contributed by atoms with Gasteiger partial charge in [-0.05, 0) is 27.9 Å². The molecule has 0 aliphatic rings. The highest BCUT2D eigenvalue weighted by atomic mass is 16.3. The second-order valence-corrected chi connectivity index (χ2v) is 5.01. The van der Waals surface area contributed by atoms with Crippen LogP contribution in [-0.2, 0) is 4.79 Å². The van der Waals surface area contributed by atoms with Gasteiger partial charge in [0.1, 0.15) is 0 Å². The third-order valence-corrected chi connectivity index (χ3v) is 2.36. The molecule has 0 aliphatic heterocycles. The fourth-order valence-corrected chi connectivity index (χ4v) is 1.46. The van der Waals surface area contributed by atoms with Crippen LogP contribution in [0.2, 0.25) is 0 Å². The summed E-state index contributed by atoms with van der Waals surface area (Å²) in [5.74, 6) is 0.00194. The number of hydrogen-bond donors (Lipinski definition) is 3. The summed E-state index contributed by atoms with van der Waals surface area (Å²) in [6.45, 7) is 5.41. The molecule has 0 bridgehead atoms. The Morgan fingerprint density at radius 2 is 2.00 bits per heavy atom. The predicted octanol–water partition coefficient (Wildman–Crippen LogP) is -0.729. The standard InChI is InChI=1S/C11H25N3O2/c1-11(2,10(16)12-3)8-13-6-9(15)7-14(4)5/h9,13,15H,6-8H2,1-5H3,(H,12,16). The maximum absolute atomic E-state index is 11.5. The molecule has 3 N–H and O–H groups in total. The first-order valence-corrected chi connectivity index (χ1v) is 5.55. The lowest BCUT2D eigenvalue weighted by atomic mass is 9.92. The van der Waals surface area contributed by atoms with Crippen molar-refractivity contribution in [3.8, 4) is 0 Å². The number of amides is 1.